The third kappa shape index (κ3) is 8.93. The highest BCUT2D eigenvalue weighted by molar-refractivity contribution is 5.14. The van der Waals surface area contributed by atoms with Gasteiger partial charge in [-0.05, 0) is 95.8 Å². The molecule has 0 radical (unpaired) electrons. The molecule has 0 amide bonds. The Morgan fingerprint density at radius 2 is 1.73 bits per heavy atom. The lowest BCUT2D eigenvalue weighted by Crippen LogP contribution is -2.58. The van der Waals surface area contributed by atoms with E-state index in [0.29, 0.717) is 23.9 Å². The van der Waals surface area contributed by atoms with Crippen molar-refractivity contribution in [2.75, 3.05) is 6.54 Å². The Morgan fingerprint density at radius 3 is 2.54 bits per heavy atom. The molecule has 0 bridgehead atoms. The first-order chi connectivity index (χ1) is 19.9. The molecule has 5 N–H and O–H groups in total. The second kappa shape index (κ2) is 15.4. The van der Waals surface area contributed by atoms with Crippen LogP contribution in [-0.2, 0) is 9.47 Å². The Balaban J connectivity index is 1.19. The Hall–Kier alpha value is -0.680. The summed E-state index contributed by atoms with van der Waals surface area (Å²) >= 11 is 0. The van der Waals surface area contributed by atoms with E-state index in [1.165, 1.54) is 38.5 Å². The van der Waals surface area contributed by atoms with Gasteiger partial charge in [0.05, 0.1) is 42.3 Å². The van der Waals surface area contributed by atoms with Crippen molar-refractivity contribution < 1.29 is 19.7 Å². The van der Waals surface area contributed by atoms with Crippen LogP contribution in [0.3, 0.4) is 0 Å². The van der Waals surface area contributed by atoms with Crippen LogP contribution in [0.2, 0.25) is 0 Å². The zero-order valence-electron chi connectivity index (χ0n) is 25.9. The normalized spacial score (nSPS) is 39.6. The maximum atomic E-state index is 11.3. The van der Waals surface area contributed by atoms with Gasteiger partial charge < -0.3 is 30.7 Å². The lowest BCUT2D eigenvalue weighted by atomic mass is 9.67. The van der Waals surface area contributed by atoms with Gasteiger partial charge in [-0.25, -0.2) is 0 Å². The summed E-state index contributed by atoms with van der Waals surface area (Å²) in [6, 6.07) is 0. The first kappa shape index (κ1) is 31.7. The summed E-state index contributed by atoms with van der Waals surface area (Å²) in [5, 5.41) is 25.6. The van der Waals surface area contributed by atoms with Gasteiger partial charge in [0.1, 0.15) is 0 Å². The van der Waals surface area contributed by atoms with E-state index in [9.17, 15) is 10.2 Å². The molecule has 6 nitrogen and oxygen atoms in total. The third-order valence-corrected chi connectivity index (χ3v) is 11.3. The van der Waals surface area contributed by atoms with E-state index in [4.69, 9.17) is 15.2 Å². The second-order valence-corrected chi connectivity index (χ2v) is 14.6. The molecule has 0 aromatic rings. The van der Waals surface area contributed by atoms with Gasteiger partial charge in [0.25, 0.3) is 0 Å². The Morgan fingerprint density at radius 1 is 0.951 bits per heavy atom. The maximum Gasteiger partial charge on any atom is 0.0840 e. The summed E-state index contributed by atoms with van der Waals surface area (Å²) in [7, 11) is 0. The highest BCUT2D eigenvalue weighted by Crippen LogP contribution is 2.45. The van der Waals surface area contributed by atoms with Gasteiger partial charge in [0.2, 0.25) is 0 Å². The van der Waals surface area contributed by atoms with Crippen LogP contribution in [0.1, 0.15) is 135 Å². The van der Waals surface area contributed by atoms with Crippen molar-refractivity contribution in [3.8, 4) is 11.8 Å². The van der Waals surface area contributed by atoms with E-state index >= 15 is 0 Å². The number of fused-ring (bicyclic) bond motifs is 2. The van der Waals surface area contributed by atoms with Gasteiger partial charge in [-0.3, -0.25) is 0 Å². The molecule has 5 rings (SSSR count). The number of nitrogens with two attached hydrogens (primary N) is 1. The molecule has 4 fully saturated rings. The Bertz CT molecular complexity index is 845. The van der Waals surface area contributed by atoms with Gasteiger partial charge in [-0.15, -0.1) is 0 Å². The van der Waals surface area contributed by atoms with Gasteiger partial charge in [-0.2, -0.15) is 0 Å². The van der Waals surface area contributed by atoms with Gasteiger partial charge >= 0.3 is 0 Å². The molecule has 6 heteroatoms. The average Bonchev–Trinajstić information content (AvgIpc) is 2.99. The van der Waals surface area contributed by atoms with E-state index in [0.717, 1.165) is 96.4 Å². The number of nitrogens with one attached hydrogen (secondary N) is 1. The molecule has 1 spiro atoms. The number of ether oxygens (including phenoxy) is 2. The van der Waals surface area contributed by atoms with E-state index in [1.807, 2.05) is 0 Å². The highest BCUT2D eigenvalue weighted by Gasteiger charge is 2.47. The largest absolute Gasteiger partial charge is 0.393 e. The fourth-order valence-electron chi connectivity index (χ4n) is 8.81. The molecular weight excluding hydrogens is 512 g/mol. The average molecular weight is 573 g/mol. The lowest BCUT2D eigenvalue weighted by molar-refractivity contribution is -0.168. The van der Waals surface area contributed by atoms with Crippen LogP contribution in [0.4, 0.5) is 0 Å². The molecule has 5 aliphatic rings. The monoisotopic (exact) mass is 572 g/mol. The van der Waals surface area contributed by atoms with Crippen molar-refractivity contribution in [2.45, 2.75) is 178 Å². The summed E-state index contributed by atoms with van der Waals surface area (Å²) in [6.07, 6.45) is 21.2. The molecule has 3 aliphatic carbocycles. The Labute approximate surface area is 250 Å². The maximum absolute atomic E-state index is 11.3. The highest BCUT2D eigenvalue weighted by atomic mass is 16.5. The molecule has 6 unspecified atom stereocenters. The predicted molar refractivity (Wildman–Crippen MR) is 164 cm³/mol. The van der Waals surface area contributed by atoms with Crippen LogP contribution < -0.4 is 11.1 Å². The number of hydrogen-bond donors (Lipinski definition) is 4. The van der Waals surface area contributed by atoms with Gasteiger partial charge in [-0.1, -0.05) is 57.3 Å². The summed E-state index contributed by atoms with van der Waals surface area (Å²) in [6.45, 7) is 3.14. The van der Waals surface area contributed by atoms with Crippen molar-refractivity contribution in [2.24, 2.45) is 29.4 Å². The molecule has 0 aromatic heterocycles. The fraction of sp³-hybridized carbons (Fsp3) is 0.943. The number of piperidine rings is 1. The quantitative estimate of drug-likeness (QED) is 0.287. The number of aliphatic hydroxyl groups is 2. The van der Waals surface area contributed by atoms with Gasteiger partial charge in [0.15, 0.2) is 0 Å². The van der Waals surface area contributed by atoms with Crippen molar-refractivity contribution in [3.63, 3.8) is 0 Å². The van der Waals surface area contributed by atoms with E-state index < -0.39 is 0 Å². The number of rotatable bonds is 7. The van der Waals surface area contributed by atoms with Crippen LogP contribution in [0.15, 0.2) is 0 Å². The SMILES string of the molecule is C[C@@H]1C#CC2CC(N)NCC2C2(CCCCC2)O[C@H](C[C@H](O)CCC2CCC(O)C(OC3CCCCC3)C2)CCC1. The third-order valence-electron chi connectivity index (χ3n) is 11.3. The summed E-state index contributed by atoms with van der Waals surface area (Å²) < 4.78 is 13.7. The molecule has 9 atom stereocenters. The molecule has 2 heterocycles. The zero-order valence-corrected chi connectivity index (χ0v) is 25.9. The van der Waals surface area contributed by atoms with Crippen LogP contribution in [0.25, 0.3) is 0 Å². The summed E-state index contributed by atoms with van der Waals surface area (Å²) in [5.41, 5.74) is 6.20. The Kier molecular flexibility index (Phi) is 11.9. The van der Waals surface area contributed by atoms with Crippen molar-refractivity contribution in [3.05, 3.63) is 0 Å². The molecule has 41 heavy (non-hydrogen) atoms. The second-order valence-electron chi connectivity index (χ2n) is 14.6. The van der Waals surface area contributed by atoms with Gasteiger partial charge in [0, 0.05) is 24.3 Å². The van der Waals surface area contributed by atoms with Crippen LogP contribution in [0.5, 0.6) is 0 Å². The smallest absolute Gasteiger partial charge is 0.0840 e. The topological polar surface area (TPSA) is 97.0 Å². The minimum Gasteiger partial charge on any atom is -0.393 e. The number of hydrogen-bond acceptors (Lipinski definition) is 6. The molecule has 234 valence electrons. The minimum atomic E-state index is -0.349. The van der Waals surface area contributed by atoms with E-state index in [1.54, 1.807) is 0 Å². The first-order valence-corrected chi connectivity index (χ1v) is 17.6. The van der Waals surface area contributed by atoms with Crippen LogP contribution >= 0.6 is 0 Å². The molecule has 0 aromatic carbocycles. The first-order valence-electron chi connectivity index (χ1n) is 17.6. The molecule has 3 saturated carbocycles. The number of aliphatic hydroxyl groups excluding tert-OH is 2. The summed E-state index contributed by atoms with van der Waals surface area (Å²) in [4.78, 5) is 0. The van der Waals surface area contributed by atoms with Crippen molar-refractivity contribution >= 4 is 0 Å². The minimum absolute atomic E-state index is 0.0119. The predicted octanol–water partition coefficient (Wildman–Crippen LogP) is 5.82. The van der Waals surface area contributed by atoms with Crippen LogP contribution in [0, 0.1) is 35.5 Å². The van der Waals surface area contributed by atoms with E-state index in [-0.39, 0.29) is 42.1 Å². The standard InChI is InChI=1S/C35H60N2O4/c1-25-9-8-12-30(41-35(19-6-3-7-20-35)31-24-37-34(36)22-27(31)16-13-25)23-28(38)17-14-26-15-18-32(39)33(21-26)40-29-10-4-2-5-11-29/h25-34,37-39H,2-12,14-15,17-24,36H2,1H3/t25-,26?,27?,28+,30-,31?,32?,33?,34?/m0/s1. The summed E-state index contributed by atoms with van der Waals surface area (Å²) in [5.74, 6) is 8.83. The van der Waals surface area contributed by atoms with Crippen LogP contribution in [-0.4, -0.2) is 59.0 Å². The van der Waals surface area contributed by atoms with Crippen molar-refractivity contribution in [1.82, 2.24) is 5.32 Å². The molecule has 1 saturated heterocycles. The lowest BCUT2D eigenvalue weighted by Gasteiger charge is -2.50. The zero-order chi connectivity index (χ0) is 28.7. The molecule has 2 aliphatic heterocycles. The fourth-order valence-corrected chi connectivity index (χ4v) is 8.81. The molecular formula is C35H60N2O4. The van der Waals surface area contributed by atoms with Crippen molar-refractivity contribution in [1.29, 1.82) is 0 Å². The van der Waals surface area contributed by atoms with E-state index in [2.05, 4.69) is 24.1 Å².